The van der Waals surface area contributed by atoms with Crippen molar-refractivity contribution in [2.75, 3.05) is 17.2 Å². The Morgan fingerprint density at radius 3 is 3.06 bits per heavy atom. The molecule has 1 fully saturated rings. The van der Waals surface area contributed by atoms with E-state index in [9.17, 15) is 9.90 Å². The van der Waals surface area contributed by atoms with Gasteiger partial charge in [0, 0.05) is 18.8 Å². The van der Waals surface area contributed by atoms with Gasteiger partial charge < -0.3 is 15.6 Å². The average Bonchev–Trinajstić information content (AvgIpc) is 2.32. The van der Waals surface area contributed by atoms with Crippen LogP contribution in [0.1, 0.15) is 19.8 Å². The van der Waals surface area contributed by atoms with Gasteiger partial charge in [0.1, 0.15) is 0 Å². The molecule has 2 rings (SSSR count). The number of hydrogen-bond acceptors (Lipinski definition) is 4. The van der Waals surface area contributed by atoms with E-state index in [0.717, 1.165) is 0 Å². The Morgan fingerprint density at radius 2 is 2.44 bits per heavy atom. The summed E-state index contributed by atoms with van der Waals surface area (Å²) in [6.45, 7) is 2.52. The number of nitrogens with two attached hydrogens (primary N) is 1. The normalized spacial score (nSPS) is 23.6. The number of anilines is 2. The highest BCUT2D eigenvalue weighted by molar-refractivity contribution is 5.90. The number of amides is 1. The fourth-order valence-electron chi connectivity index (χ4n) is 2.28. The van der Waals surface area contributed by atoms with Crippen LogP contribution in [-0.4, -0.2) is 34.9 Å². The fourth-order valence-corrected chi connectivity index (χ4v) is 2.28. The maximum Gasteiger partial charge on any atom is 0.412 e. The van der Waals surface area contributed by atoms with Crippen LogP contribution in [0.25, 0.3) is 0 Å². The summed E-state index contributed by atoms with van der Waals surface area (Å²) in [4.78, 5) is 16.7. The molecule has 1 amide bonds. The van der Waals surface area contributed by atoms with Crippen LogP contribution in [-0.2, 0) is 4.74 Å². The van der Waals surface area contributed by atoms with Gasteiger partial charge in [0.15, 0.2) is 0 Å². The van der Waals surface area contributed by atoms with Crippen molar-refractivity contribution < 1.29 is 14.6 Å². The molecule has 6 nitrogen and oxygen atoms in total. The highest BCUT2D eigenvalue weighted by Crippen LogP contribution is 2.28. The van der Waals surface area contributed by atoms with Crippen molar-refractivity contribution >= 4 is 17.5 Å². The Labute approximate surface area is 105 Å². The smallest absolute Gasteiger partial charge is 0.412 e. The monoisotopic (exact) mass is 251 g/mol. The van der Waals surface area contributed by atoms with Gasteiger partial charge in [-0.15, -0.1) is 0 Å². The van der Waals surface area contributed by atoms with Gasteiger partial charge in [-0.2, -0.15) is 0 Å². The van der Waals surface area contributed by atoms with Crippen LogP contribution in [0.15, 0.2) is 18.5 Å². The second-order valence-corrected chi connectivity index (χ2v) is 4.45. The third kappa shape index (κ3) is 2.53. The first-order chi connectivity index (χ1) is 8.59. The average molecular weight is 251 g/mol. The van der Waals surface area contributed by atoms with Crippen molar-refractivity contribution in [3.63, 3.8) is 0 Å². The quantitative estimate of drug-likeness (QED) is 0.835. The summed E-state index contributed by atoms with van der Waals surface area (Å²) in [5, 5.41) is 9.40. The molecule has 0 bridgehead atoms. The van der Waals surface area contributed by atoms with E-state index >= 15 is 0 Å². The molecule has 2 heterocycles. The lowest BCUT2D eigenvalue weighted by Gasteiger charge is -2.35. The van der Waals surface area contributed by atoms with Crippen LogP contribution in [0.3, 0.4) is 0 Å². The van der Waals surface area contributed by atoms with Crippen LogP contribution in [0.4, 0.5) is 16.2 Å². The molecule has 0 aliphatic carbocycles. The SMILES string of the molecule is C[C@@H]1C[C@@H](N(C(=O)O)c2ccncc2N)CCO1. The molecule has 0 aromatic carbocycles. The van der Waals surface area contributed by atoms with E-state index in [1.807, 2.05) is 6.92 Å². The third-order valence-electron chi connectivity index (χ3n) is 3.12. The Balaban J connectivity index is 2.28. The maximum absolute atomic E-state index is 11.5. The number of carboxylic acid groups (broad SMARTS) is 1. The first-order valence-electron chi connectivity index (χ1n) is 5.93. The minimum Gasteiger partial charge on any atom is -0.465 e. The molecule has 1 saturated heterocycles. The molecule has 6 heteroatoms. The van der Waals surface area contributed by atoms with E-state index in [2.05, 4.69) is 4.98 Å². The largest absolute Gasteiger partial charge is 0.465 e. The number of ether oxygens (including phenoxy) is 1. The summed E-state index contributed by atoms with van der Waals surface area (Å²) in [6.07, 6.45) is 3.44. The minimum atomic E-state index is -0.994. The summed E-state index contributed by atoms with van der Waals surface area (Å²) in [7, 11) is 0. The third-order valence-corrected chi connectivity index (χ3v) is 3.12. The van der Waals surface area contributed by atoms with Crippen LogP contribution < -0.4 is 10.6 Å². The zero-order chi connectivity index (χ0) is 13.1. The lowest BCUT2D eigenvalue weighted by atomic mass is 10.0. The van der Waals surface area contributed by atoms with Gasteiger partial charge in [0.2, 0.25) is 0 Å². The molecule has 18 heavy (non-hydrogen) atoms. The van der Waals surface area contributed by atoms with Gasteiger partial charge in [-0.3, -0.25) is 9.88 Å². The summed E-state index contributed by atoms with van der Waals surface area (Å²) in [5.74, 6) is 0. The van der Waals surface area contributed by atoms with Gasteiger partial charge in [-0.05, 0) is 25.8 Å². The summed E-state index contributed by atoms with van der Waals surface area (Å²) in [6, 6.07) is 1.53. The van der Waals surface area contributed by atoms with E-state index in [1.165, 1.54) is 11.1 Å². The summed E-state index contributed by atoms with van der Waals surface area (Å²) in [5.41, 5.74) is 6.67. The number of hydrogen-bond donors (Lipinski definition) is 2. The molecule has 2 atom stereocenters. The molecule has 1 aliphatic rings. The van der Waals surface area contributed by atoms with Crippen LogP contribution in [0, 0.1) is 0 Å². The standard InChI is InChI=1S/C12H17N3O3/c1-8-6-9(3-5-18-8)15(12(16)17)11-2-4-14-7-10(11)13/h2,4,7-9H,3,5-6,13H2,1H3,(H,16,17)/t8-,9+/m1/s1. The van der Waals surface area contributed by atoms with Crippen molar-refractivity contribution in [3.05, 3.63) is 18.5 Å². The Hall–Kier alpha value is -1.82. The zero-order valence-corrected chi connectivity index (χ0v) is 10.2. The molecule has 0 unspecified atom stereocenters. The fraction of sp³-hybridized carbons (Fsp3) is 0.500. The van der Waals surface area contributed by atoms with E-state index < -0.39 is 6.09 Å². The van der Waals surface area contributed by atoms with Crippen LogP contribution in [0.5, 0.6) is 0 Å². The zero-order valence-electron chi connectivity index (χ0n) is 10.2. The molecular weight excluding hydrogens is 234 g/mol. The van der Waals surface area contributed by atoms with Crippen molar-refractivity contribution in [2.45, 2.75) is 31.9 Å². The van der Waals surface area contributed by atoms with Gasteiger partial charge >= 0.3 is 6.09 Å². The second kappa shape index (κ2) is 5.22. The van der Waals surface area contributed by atoms with Crippen molar-refractivity contribution in [2.24, 2.45) is 0 Å². The molecule has 3 N–H and O–H groups in total. The van der Waals surface area contributed by atoms with E-state index in [4.69, 9.17) is 10.5 Å². The maximum atomic E-state index is 11.5. The lowest BCUT2D eigenvalue weighted by molar-refractivity contribution is 0.0188. The molecule has 0 spiro atoms. The van der Waals surface area contributed by atoms with Gasteiger partial charge in [0.25, 0.3) is 0 Å². The van der Waals surface area contributed by atoms with Gasteiger partial charge in [0.05, 0.1) is 23.7 Å². The highest BCUT2D eigenvalue weighted by atomic mass is 16.5. The van der Waals surface area contributed by atoms with Crippen molar-refractivity contribution in [3.8, 4) is 0 Å². The number of carbonyl (C=O) groups is 1. The minimum absolute atomic E-state index is 0.0636. The second-order valence-electron chi connectivity index (χ2n) is 4.45. The number of nitrogens with zero attached hydrogens (tertiary/aromatic N) is 2. The number of aromatic nitrogens is 1. The lowest BCUT2D eigenvalue weighted by Crippen LogP contribution is -2.45. The summed E-state index contributed by atoms with van der Waals surface area (Å²) < 4.78 is 5.44. The first-order valence-corrected chi connectivity index (χ1v) is 5.93. The molecule has 1 aliphatic heterocycles. The Bertz CT molecular complexity index is 438. The van der Waals surface area contributed by atoms with E-state index in [1.54, 1.807) is 12.3 Å². The van der Waals surface area contributed by atoms with E-state index in [0.29, 0.717) is 30.8 Å². The van der Waals surface area contributed by atoms with Crippen molar-refractivity contribution in [1.82, 2.24) is 4.98 Å². The van der Waals surface area contributed by atoms with Crippen LogP contribution >= 0.6 is 0 Å². The molecule has 1 aromatic rings. The molecule has 98 valence electrons. The Morgan fingerprint density at radius 1 is 1.67 bits per heavy atom. The molecule has 1 aromatic heterocycles. The number of pyridine rings is 1. The van der Waals surface area contributed by atoms with Gasteiger partial charge in [-0.25, -0.2) is 4.79 Å². The highest BCUT2D eigenvalue weighted by Gasteiger charge is 2.30. The van der Waals surface area contributed by atoms with E-state index in [-0.39, 0.29) is 12.1 Å². The molecular formula is C12H17N3O3. The first kappa shape index (κ1) is 12.6. The predicted octanol–water partition coefficient (Wildman–Crippen LogP) is 1.72. The Kier molecular flexibility index (Phi) is 3.66. The van der Waals surface area contributed by atoms with Crippen molar-refractivity contribution in [1.29, 1.82) is 0 Å². The molecule has 0 radical (unpaired) electrons. The van der Waals surface area contributed by atoms with Gasteiger partial charge in [-0.1, -0.05) is 0 Å². The predicted molar refractivity (Wildman–Crippen MR) is 67.6 cm³/mol. The number of rotatable bonds is 2. The topological polar surface area (TPSA) is 88.7 Å². The van der Waals surface area contributed by atoms with Crippen LogP contribution in [0.2, 0.25) is 0 Å². The summed E-state index contributed by atoms with van der Waals surface area (Å²) >= 11 is 0. The molecule has 0 saturated carbocycles. The number of nitrogen functional groups attached to an aromatic ring is 1.